The highest BCUT2D eigenvalue weighted by Crippen LogP contribution is 2.23. The van der Waals surface area contributed by atoms with Crippen molar-refractivity contribution in [3.63, 3.8) is 0 Å². The van der Waals surface area contributed by atoms with Crippen LogP contribution in [0.25, 0.3) is 0 Å². The Balaban J connectivity index is -0.000000190. The molecule has 910 valence electrons. The predicted molar refractivity (Wildman–Crippen MR) is 629 cm³/mol. The molecular weight excluding hydrogens is 1900 g/mol. The standard InChI is InChI=1S/5C22H44O2.5C3H8O3/c5*1-2-3-4-5-6-7-8-9-10-11-12-13-14-15-16-17-18-19-20-21-22(23)24;5*4-1-3(6)2-5/h5*2-21H2,1H3,(H,23,24);5*3-6H,1-2H2. The van der Waals surface area contributed by atoms with E-state index in [1.165, 1.54) is 546 Å². The minimum absolute atomic E-state index is 0.346. The molecule has 0 amide bonds. The van der Waals surface area contributed by atoms with Gasteiger partial charge in [0.25, 0.3) is 0 Å². The van der Waals surface area contributed by atoms with E-state index in [0.29, 0.717) is 32.1 Å². The molecule has 25 heteroatoms. The van der Waals surface area contributed by atoms with Crippen LogP contribution in [0.3, 0.4) is 0 Å². The Hall–Kier alpha value is -3.25. The number of aliphatic carboxylic acids is 5. The normalized spacial score (nSPS) is 10.8. The van der Waals surface area contributed by atoms with E-state index in [9.17, 15) is 24.0 Å². The van der Waals surface area contributed by atoms with Crippen molar-refractivity contribution in [1.29, 1.82) is 0 Å². The monoisotopic (exact) mass is 2160 g/mol. The molecule has 20 N–H and O–H groups in total. The molecule has 0 atom stereocenters. The summed E-state index contributed by atoms with van der Waals surface area (Å²) >= 11 is 0. The molecule has 0 heterocycles. The molecule has 0 spiro atoms. The van der Waals surface area contributed by atoms with E-state index in [1.54, 1.807) is 0 Å². The van der Waals surface area contributed by atoms with Gasteiger partial charge < -0.3 is 102 Å². The summed E-state index contributed by atoms with van der Waals surface area (Å²) in [6.45, 7) is 7.77. The van der Waals surface area contributed by atoms with Crippen molar-refractivity contribution in [2.45, 2.75) is 707 Å². The van der Waals surface area contributed by atoms with Crippen LogP contribution < -0.4 is 0 Å². The summed E-state index contributed by atoms with van der Waals surface area (Å²) in [6, 6.07) is 0. The summed E-state index contributed by atoms with van der Waals surface area (Å²) in [5, 5.41) is 163. The van der Waals surface area contributed by atoms with Gasteiger partial charge in [0.05, 0.1) is 66.1 Å². The van der Waals surface area contributed by atoms with Gasteiger partial charge in [-0.3, -0.25) is 24.0 Å². The van der Waals surface area contributed by atoms with Gasteiger partial charge in [-0.1, -0.05) is 612 Å². The molecule has 0 rings (SSSR count). The van der Waals surface area contributed by atoms with Gasteiger partial charge in [-0.25, -0.2) is 0 Å². The lowest BCUT2D eigenvalue weighted by Gasteiger charge is -2.03. The molecule has 0 radical (unpaired) electrons. The largest absolute Gasteiger partial charge is 0.481 e. The van der Waals surface area contributed by atoms with Crippen LogP contribution in [0.15, 0.2) is 0 Å². The van der Waals surface area contributed by atoms with Crippen LogP contribution in [0.2, 0.25) is 0 Å². The first-order valence-corrected chi connectivity index (χ1v) is 63.5. The van der Waals surface area contributed by atoms with Crippen molar-refractivity contribution in [2.24, 2.45) is 0 Å². The predicted octanol–water partition coefficient (Wildman–Crippen LogP) is 31.1. The number of carboxylic acid groups (broad SMARTS) is 5. The molecule has 0 aromatic rings. The lowest BCUT2D eigenvalue weighted by Crippen LogP contribution is -2.15. The first-order valence-electron chi connectivity index (χ1n) is 63.5. The molecule has 0 unspecified atom stereocenters. The number of aliphatic hydroxyl groups is 15. The third-order valence-corrected chi connectivity index (χ3v) is 27.1. The van der Waals surface area contributed by atoms with Crippen LogP contribution in [-0.4, -0.2) is 229 Å². The van der Waals surface area contributed by atoms with E-state index < -0.39 is 60.4 Å². The molecule has 0 fully saturated rings. The quantitative estimate of drug-likeness (QED) is 0.0251. The number of hydrogen-bond acceptors (Lipinski definition) is 20. The lowest BCUT2D eigenvalue weighted by atomic mass is 10.0. The smallest absolute Gasteiger partial charge is 0.303 e. The van der Waals surface area contributed by atoms with E-state index >= 15 is 0 Å². The van der Waals surface area contributed by atoms with Crippen molar-refractivity contribution in [1.82, 2.24) is 0 Å². The Morgan fingerprint density at radius 3 is 0.207 bits per heavy atom. The van der Waals surface area contributed by atoms with Gasteiger partial charge in [-0.2, -0.15) is 0 Å². The van der Waals surface area contributed by atoms with E-state index in [1.807, 2.05) is 0 Å². The molecule has 0 aromatic heterocycles. The zero-order chi connectivity index (χ0) is 114. The van der Waals surface area contributed by atoms with Gasteiger partial charge in [0.15, 0.2) is 0 Å². The summed E-state index contributed by atoms with van der Waals surface area (Å²) in [4.78, 5) is 51.9. The Kier molecular flexibility index (Phi) is 181. The fourth-order valence-electron chi connectivity index (χ4n) is 17.1. The van der Waals surface area contributed by atoms with Crippen molar-refractivity contribution in [3.8, 4) is 0 Å². The molecule has 25 nitrogen and oxygen atoms in total. The Bertz CT molecular complexity index is 1950. The molecule has 0 aliphatic heterocycles. The number of aliphatic hydroxyl groups excluding tert-OH is 15. The highest BCUT2D eigenvalue weighted by atomic mass is 16.4. The second kappa shape index (κ2) is 163. The molecule has 0 bridgehead atoms. The maximum Gasteiger partial charge on any atom is 0.303 e. The zero-order valence-corrected chi connectivity index (χ0v) is 99.2. The van der Waals surface area contributed by atoms with Crippen LogP contribution in [0.4, 0.5) is 0 Å². The molecule has 0 saturated carbocycles. The van der Waals surface area contributed by atoms with Gasteiger partial charge in [-0.05, 0) is 32.1 Å². The molecule has 0 aliphatic carbocycles. The van der Waals surface area contributed by atoms with Gasteiger partial charge in [-0.15, -0.1) is 0 Å². The van der Waals surface area contributed by atoms with Crippen LogP contribution in [0, 0.1) is 0 Å². The zero-order valence-electron chi connectivity index (χ0n) is 99.2. The highest BCUT2D eigenvalue weighted by molar-refractivity contribution is 5.67. The molecular formula is C125H260O25. The van der Waals surface area contributed by atoms with Crippen LogP contribution in [-0.2, 0) is 24.0 Å². The third-order valence-electron chi connectivity index (χ3n) is 27.1. The fraction of sp³-hybridized carbons (Fsp3) is 0.960. The summed E-state index contributed by atoms with van der Waals surface area (Å²) in [6.07, 6.45) is 126. The number of unbranched alkanes of at least 4 members (excludes halogenated alkanes) is 90. The van der Waals surface area contributed by atoms with Gasteiger partial charge in [0.1, 0.15) is 30.5 Å². The van der Waals surface area contributed by atoms with E-state index in [-0.39, 0.29) is 66.1 Å². The first kappa shape index (κ1) is 167. The van der Waals surface area contributed by atoms with Gasteiger partial charge in [0, 0.05) is 32.1 Å². The summed E-state index contributed by atoms with van der Waals surface area (Å²) < 4.78 is 0. The lowest BCUT2D eigenvalue weighted by molar-refractivity contribution is -0.138. The van der Waals surface area contributed by atoms with Gasteiger partial charge >= 0.3 is 29.8 Å². The average Bonchev–Trinajstić information content (AvgIpc) is 1.10. The molecule has 0 aliphatic rings. The number of hydrogen-bond donors (Lipinski definition) is 20. The minimum atomic E-state index is -0.954. The van der Waals surface area contributed by atoms with Crippen LogP contribution >= 0.6 is 0 Å². The van der Waals surface area contributed by atoms with Gasteiger partial charge in [0.2, 0.25) is 0 Å². The number of carboxylic acids is 5. The van der Waals surface area contributed by atoms with E-state index in [0.717, 1.165) is 64.2 Å². The van der Waals surface area contributed by atoms with E-state index in [4.69, 9.17) is 102 Å². The van der Waals surface area contributed by atoms with Crippen molar-refractivity contribution < 1.29 is 126 Å². The maximum atomic E-state index is 10.4. The fourth-order valence-corrected chi connectivity index (χ4v) is 17.1. The topological polar surface area (TPSA) is 490 Å². The summed E-state index contributed by atoms with van der Waals surface area (Å²) in [5.41, 5.74) is 0. The first-order chi connectivity index (χ1) is 72.9. The van der Waals surface area contributed by atoms with Crippen LogP contribution in [0.5, 0.6) is 0 Å². The Morgan fingerprint density at radius 1 is 0.113 bits per heavy atom. The van der Waals surface area contributed by atoms with E-state index in [2.05, 4.69) is 34.6 Å². The van der Waals surface area contributed by atoms with Crippen molar-refractivity contribution in [3.05, 3.63) is 0 Å². The summed E-state index contributed by atoms with van der Waals surface area (Å²) in [5.74, 6) is -3.25. The minimum Gasteiger partial charge on any atom is -0.481 e. The summed E-state index contributed by atoms with van der Waals surface area (Å²) in [7, 11) is 0. The average molecular weight is 2160 g/mol. The van der Waals surface area contributed by atoms with Crippen molar-refractivity contribution in [2.75, 3.05) is 66.1 Å². The highest BCUT2D eigenvalue weighted by Gasteiger charge is 2.08. The molecule has 0 aromatic carbocycles. The maximum absolute atomic E-state index is 10.4. The molecule has 150 heavy (non-hydrogen) atoms. The van der Waals surface area contributed by atoms with Crippen molar-refractivity contribution >= 4 is 29.8 Å². The number of rotatable bonds is 110. The SMILES string of the molecule is CCCCCCCCCCCCCCCCCCCCCC(=O)O.CCCCCCCCCCCCCCCCCCCCCC(=O)O.CCCCCCCCCCCCCCCCCCCCCC(=O)O.CCCCCCCCCCCCCCCCCCCCCC(=O)O.CCCCCCCCCCCCCCCCCCCCCC(=O)O.OCC(O)CO.OCC(O)CO.OCC(O)CO.OCC(O)CO.OCC(O)CO. The molecule has 0 saturated heterocycles. The van der Waals surface area contributed by atoms with Crippen LogP contribution in [0.1, 0.15) is 677 Å². The second-order valence-electron chi connectivity index (χ2n) is 42.6. The third kappa shape index (κ3) is 202. The second-order valence-corrected chi connectivity index (χ2v) is 42.6. The number of carbonyl (C=O) groups is 5. The Labute approximate surface area is 924 Å². The Morgan fingerprint density at radius 2 is 0.167 bits per heavy atom.